The zero-order valence-corrected chi connectivity index (χ0v) is 13.8. The summed E-state index contributed by atoms with van der Waals surface area (Å²) in [5.41, 5.74) is 1.17. The van der Waals surface area contributed by atoms with Gasteiger partial charge in [-0.05, 0) is 43.8 Å². The van der Waals surface area contributed by atoms with E-state index in [9.17, 15) is 0 Å². The van der Waals surface area contributed by atoms with E-state index in [4.69, 9.17) is 4.74 Å². The summed E-state index contributed by atoms with van der Waals surface area (Å²) in [7, 11) is 3.66. The predicted molar refractivity (Wildman–Crippen MR) is 84.8 cm³/mol. The highest BCUT2D eigenvalue weighted by molar-refractivity contribution is 7.99. The molecule has 2 aromatic rings. The summed E-state index contributed by atoms with van der Waals surface area (Å²) in [4.78, 5) is 1.14. The first-order valence-corrected chi connectivity index (χ1v) is 7.91. The summed E-state index contributed by atoms with van der Waals surface area (Å²) in [5.74, 6) is 0.901. The van der Waals surface area contributed by atoms with Crippen molar-refractivity contribution in [3.05, 3.63) is 30.1 Å². The molecule has 2 rings (SSSR count). The number of aromatic nitrogens is 3. The number of benzene rings is 1. The van der Waals surface area contributed by atoms with E-state index >= 15 is 0 Å². The van der Waals surface area contributed by atoms with Crippen LogP contribution in [0.15, 0.2) is 34.6 Å². The molecule has 0 saturated carbocycles. The van der Waals surface area contributed by atoms with Crippen LogP contribution < -0.4 is 10.1 Å². The molecule has 0 fully saturated rings. The maximum atomic E-state index is 5.54. The maximum absolute atomic E-state index is 5.54. The zero-order chi connectivity index (χ0) is 15.2. The second kappa shape index (κ2) is 7.47. The number of nitrogens with zero attached hydrogens (tertiary/aromatic N) is 3. The Hall–Kier alpha value is -1.53. The summed E-state index contributed by atoms with van der Waals surface area (Å²) < 4.78 is 7.46. The lowest BCUT2D eigenvalue weighted by atomic mass is 10.1. The first-order chi connectivity index (χ1) is 10.2. The predicted octanol–water partition coefficient (Wildman–Crippen LogP) is 3.04. The van der Waals surface area contributed by atoms with Crippen LogP contribution in [0.25, 0.3) is 0 Å². The molecule has 0 radical (unpaired) electrons. The van der Waals surface area contributed by atoms with E-state index in [-0.39, 0.29) is 6.04 Å². The molecule has 1 N–H and O–H groups in total. The van der Waals surface area contributed by atoms with Crippen LogP contribution in [0.2, 0.25) is 0 Å². The fourth-order valence-electron chi connectivity index (χ4n) is 2.14. The van der Waals surface area contributed by atoms with E-state index in [0.717, 1.165) is 28.8 Å². The van der Waals surface area contributed by atoms with Crippen molar-refractivity contribution >= 4 is 11.8 Å². The average molecular weight is 306 g/mol. The van der Waals surface area contributed by atoms with Crippen LogP contribution in [0.4, 0.5) is 0 Å². The SMILES string of the molecule is CCCNC(C)c1c(OC)cccc1Sc1nncn1C. The van der Waals surface area contributed by atoms with Crippen LogP contribution in [-0.4, -0.2) is 28.4 Å². The van der Waals surface area contributed by atoms with Gasteiger partial charge in [-0.25, -0.2) is 0 Å². The van der Waals surface area contributed by atoms with Gasteiger partial charge in [0.2, 0.25) is 0 Å². The standard InChI is InChI=1S/C15H22N4OS/c1-5-9-16-11(2)14-12(20-4)7-6-8-13(14)21-15-18-17-10-19(15)3/h6-8,10-11,16H,5,9H2,1-4H3. The summed E-state index contributed by atoms with van der Waals surface area (Å²) in [6, 6.07) is 6.33. The fourth-order valence-corrected chi connectivity index (χ4v) is 3.15. The molecule has 5 nitrogen and oxygen atoms in total. The molecular formula is C15H22N4OS. The van der Waals surface area contributed by atoms with Crippen molar-refractivity contribution in [2.45, 2.75) is 36.4 Å². The van der Waals surface area contributed by atoms with Gasteiger partial charge in [0.25, 0.3) is 0 Å². The van der Waals surface area contributed by atoms with E-state index < -0.39 is 0 Å². The van der Waals surface area contributed by atoms with Gasteiger partial charge in [0.1, 0.15) is 12.1 Å². The Morgan fingerprint density at radius 1 is 1.43 bits per heavy atom. The van der Waals surface area contributed by atoms with E-state index in [1.165, 1.54) is 5.56 Å². The van der Waals surface area contributed by atoms with Gasteiger partial charge in [-0.1, -0.05) is 13.0 Å². The van der Waals surface area contributed by atoms with E-state index in [1.807, 2.05) is 23.7 Å². The maximum Gasteiger partial charge on any atom is 0.195 e. The molecule has 0 spiro atoms. The minimum atomic E-state index is 0.219. The molecule has 0 bridgehead atoms. The summed E-state index contributed by atoms with van der Waals surface area (Å²) in [6.45, 7) is 5.30. The minimum absolute atomic E-state index is 0.219. The van der Waals surface area contributed by atoms with Gasteiger partial charge in [-0.3, -0.25) is 0 Å². The second-order valence-electron chi connectivity index (χ2n) is 4.87. The Balaban J connectivity index is 2.33. The molecule has 1 unspecified atom stereocenters. The molecule has 1 atom stereocenters. The van der Waals surface area contributed by atoms with Crippen LogP contribution in [0, 0.1) is 0 Å². The lowest BCUT2D eigenvalue weighted by Gasteiger charge is -2.20. The fraction of sp³-hybridized carbons (Fsp3) is 0.467. The molecule has 1 aromatic heterocycles. The Labute approximate surface area is 130 Å². The Bertz CT molecular complexity index is 585. The third-order valence-electron chi connectivity index (χ3n) is 3.25. The third-order valence-corrected chi connectivity index (χ3v) is 4.38. The summed E-state index contributed by atoms with van der Waals surface area (Å²) >= 11 is 1.61. The largest absolute Gasteiger partial charge is 0.496 e. The molecule has 0 aliphatic carbocycles. The first-order valence-electron chi connectivity index (χ1n) is 7.09. The molecule has 0 aliphatic rings. The lowest BCUT2D eigenvalue weighted by Crippen LogP contribution is -2.20. The molecule has 0 saturated heterocycles. The van der Waals surface area contributed by atoms with Crippen molar-refractivity contribution in [2.24, 2.45) is 7.05 Å². The van der Waals surface area contributed by atoms with Crippen LogP contribution in [0.5, 0.6) is 5.75 Å². The lowest BCUT2D eigenvalue weighted by molar-refractivity contribution is 0.399. The van der Waals surface area contributed by atoms with Crippen LogP contribution in [0.1, 0.15) is 31.9 Å². The van der Waals surface area contributed by atoms with Gasteiger partial charge in [-0.15, -0.1) is 10.2 Å². The van der Waals surface area contributed by atoms with Gasteiger partial charge in [-0.2, -0.15) is 0 Å². The molecular weight excluding hydrogens is 284 g/mol. The van der Waals surface area contributed by atoms with Gasteiger partial charge < -0.3 is 14.6 Å². The monoisotopic (exact) mass is 306 g/mol. The van der Waals surface area contributed by atoms with Crippen molar-refractivity contribution in [3.8, 4) is 5.75 Å². The van der Waals surface area contributed by atoms with Crippen molar-refractivity contribution in [3.63, 3.8) is 0 Å². The first kappa shape index (κ1) is 15.9. The van der Waals surface area contributed by atoms with Crippen LogP contribution >= 0.6 is 11.8 Å². The van der Waals surface area contributed by atoms with Crippen molar-refractivity contribution in [1.29, 1.82) is 0 Å². The Morgan fingerprint density at radius 2 is 2.24 bits per heavy atom. The molecule has 0 amide bonds. The molecule has 1 aromatic carbocycles. The van der Waals surface area contributed by atoms with Gasteiger partial charge in [0, 0.05) is 23.5 Å². The number of ether oxygens (including phenoxy) is 1. The summed E-state index contributed by atoms with van der Waals surface area (Å²) in [5, 5.41) is 12.5. The minimum Gasteiger partial charge on any atom is -0.496 e. The highest BCUT2D eigenvalue weighted by Gasteiger charge is 2.17. The molecule has 6 heteroatoms. The number of nitrogens with one attached hydrogen (secondary N) is 1. The topological polar surface area (TPSA) is 52.0 Å². The quantitative estimate of drug-likeness (QED) is 0.852. The highest BCUT2D eigenvalue weighted by atomic mass is 32.2. The van der Waals surface area contributed by atoms with E-state index in [2.05, 4.69) is 35.4 Å². The normalized spacial score (nSPS) is 12.4. The molecule has 21 heavy (non-hydrogen) atoms. The van der Waals surface area contributed by atoms with Crippen molar-refractivity contribution in [1.82, 2.24) is 20.1 Å². The number of rotatable bonds is 7. The molecule has 1 heterocycles. The number of aryl methyl sites for hydroxylation is 1. The van der Waals surface area contributed by atoms with Crippen molar-refractivity contribution < 1.29 is 4.74 Å². The van der Waals surface area contributed by atoms with Crippen molar-refractivity contribution in [2.75, 3.05) is 13.7 Å². The average Bonchev–Trinajstić information content (AvgIpc) is 2.89. The smallest absolute Gasteiger partial charge is 0.195 e. The second-order valence-corrected chi connectivity index (χ2v) is 5.88. The molecule has 0 aliphatic heterocycles. The summed E-state index contributed by atoms with van der Waals surface area (Å²) in [6.07, 6.45) is 2.81. The van der Waals surface area contributed by atoms with Gasteiger partial charge in [0.05, 0.1) is 7.11 Å². The Morgan fingerprint density at radius 3 is 2.86 bits per heavy atom. The third kappa shape index (κ3) is 3.77. The highest BCUT2D eigenvalue weighted by Crippen LogP contribution is 2.37. The van der Waals surface area contributed by atoms with Crippen LogP contribution in [-0.2, 0) is 7.05 Å². The molecule has 114 valence electrons. The number of hydrogen-bond acceptors (Lipinski definition) is 5. The number of hydrogen-bond donors (Lipinski definition) is 1. The zero-order valence-electron chi connectivity index (χ0n) is 13.0. The van der Waals surface area contributed by atoms with E-state index in [1.54, 1.807) is 25.2 Å². The Kier molecular flexibility index (Phi) is 5.64. The van der Waals surface area contributed by atoms with Gasteiger partial charge in [0.15, 0.2) is 5.16 Å². The van der Waals surface area contributed by atoms with Gasteiger partial charge >= 0.3 is 0 Å². The van der Waals surface area contributed by atoms with Crippen LogP contribution in [0.3, 0.4) is 0 Å². The number of methoxy groups -OCH3 is 1. The van der Waals surface area contributed by atoms with E-state index in [0.29, 0.717) is 0 Å².